The molecule has 1 heterocycles. The summed E-state index contributed by atoms with van der Waals surface area (Å²) in [5.41, 5.74) is 0.149. The summed E-state index contributed by atoms with van der Waals surface area (Å²) in [4.78, 5) is 12.0. The van der Waals surface area contributed by atoms with Crippen molar-refractivity contribution in [2.75, 3.05) is 18.2 Å². The molecule has 1 amide bonds. The van der Waals surface area contributed by atoms with Crippen LogP contribution in [0.5, 0.6) is 0 Å². The van der Waals surface area contributed by atoms with Crippen molar-refractivity contribution in [2.24, 2.45) is 5.41 Å². The number of halogens is 1. The van der Waals surface area contributed by atoms with Crippen molar-refractivity contribution in [3.63, 3.8) is 0 Å². The topological polar surface area (TPSA) is 63.2 Å². The third-order valence-corrected chi connectivity index (χ3v) is 6.45. The van der Waals surface area contributed by atoms with Crippen molar-refractivity contribution >= 4 is 27.3 Å². The van der Waals surface area contributed by atoms with Crippen LogP contribution >= 0.6 is 11.6 Å². The Kier molecular flexibility index (Phi) is 4.22. The van der Waals surface area contributed by atoms with Gasteiger partial charge < -0.3 is 5.32 Å². The molecule has 1 N–H and O–H groups in total. The van der Waals surface area contributed by atoms with Gasteiger partial charge in [-0.25, -0.2) is 8.42 Å². The first-order chi connectivity index (χ1) is 8.49. The predicted octanol–water partition coefficient (Wildman–Crippen LogP) is 1.48. The Morgan fingerprint density at radius 3 is 2.61 bits per heavy atom. The van der Waals surface area contributed by atoms with Gasteiger partial charge >= 0.3 is 0 Å². The summed E-state index contributed by atoms with van der Waals surface area (Å²) in [6.45, 7) is 0.574. The summed E-state index contributed by atoms with van der Waals surface area (Å²) < 4.78 is 23.6. The molecule has 104 valence electrons. The van der Waals surface area contributed by atoms with E-state index in [9.17, 15) is 13.2 Å². The molecular formula is C12H20ClNO3S. The van der Waals surface area contributed by atoms with Gasteiger partial charge in [-0.1, -0.05) is 6.42 Å². The number of hydrogen-bond donors (Lipinski definition) is 1. The van der Waals surface area contributed by atoms with Gasteiger partial charge in [0.15, 0.2) is 9.84 Å². The predicted molar refractivity (Wildman–Crippen MR) is 71.4 cm³/mol. The largest absolute Gasteiger partial charge is 0.354 e. The average molecular weight is 294 g/mol. The third kappa shape index (κ3) is 3.18. The molecular weight excluding hydrogens is 274 g/mol. The Hall–Kier alpha value is -0.290. The summed E-state index contributed by atoms with van der Waals surface area (Å²) in [6.07, 6.45) is 5.03. The van der Waals surface area contributed by atoms with Crippen LogP contribution in [-0.2, 0) is 14.6 Å². The molecule has 18 heavy (non-hydrogen) atoms. The minimum Gasteiger partial charge on any atom is -0.354 e. The SMILES string of the molecule is O=C(NCC1(CCCl)CC1)C1CCCCS1(=O)=O. The van der Waals surface area contributed by atoms with Gasteiger partial charge in [0.25, 0.3) is 0 Å². The maximum absolute atomic E-state index is 12.0. The molecule has 0 aromatic carbocycles. The highest BCUT2D eigenvalue weighted by molar-refractivity contribution is 7.92. The van der Waals surface area contributed by atoms with Gasteiger partial charge in [-0.15, -0.1) is 11.6 Å². The highest BCUT2D eigenvalue weighted by atomic mass is 35.5. The Balaban J connectivity index is 1.88. The first kappa shape index (κ1) is 14.1. The quantitative estimate of drug-likeness (QED) is 0.781. The van der Waals surface area contributed by atoms with Crippen molar-refractivity contribution in [1.29, 1.82) is 0 Å². The van der Waals surface area contributed by atoms with E-state index < -0.39 is 15.1 Å². The highest BCUT2D eigenvalue weighted by Gasteiger charge is 2.43. The van der Waals surface area contributed by atoms with E-state index in [4.69, 9.17) is 11.6 Å². The van der Waals surface area contributed by atoms with E-state index >= 15 is 0 Å². The number of rotatable bonds is 5. The van der Waals surface area contributed by atoms with Gasteiger partial charge in [-0.3, -0.25) is 4.79 Å². The Labute approximate surface area is 113 Å². The smallest absolute Gasteiger partial charge is 0.238 e. The number of amides is 1. The number of hydrogen-bond acceptors (Lipinski definition) is 3. The van der Waals surface area contributed by atoms with Gasteiger partial charge in [-0.2, -0.15) is 0 Å². The first-order valence-electron chi connectivity index (χ1n) is 6.54. The van der Waals surface area contributed by atoms with Crippen LogP contribution in [0.25, 0.3) is 0 Å². The molecule has 1 unspecified atom stereocenters. The molecule has 4 nitrogen and oxygen atoms in total. The van der Waals surface area contributed by atoms with E-state index in [1.54, 1.807) is 0 Å². The summed E-state index contributed by atoms with van der Waals surface area (Å²) in [5, 5.41) is 2.00. The van der Waals surface area contributed by atoms with Gasteiger partial charge in [0.2, 0.25) is 5.91 Å². The molecule has 1 atom stereocenters. The molecule has 1 aliphatic heterocycles. The van der Waals surface area contributed by atoms with Crippen molar-refractivity contribution in [3.8, 4) is 0 Å². The summed E-state index contributed by atoms with van der Waals surface area (Å²) in [6, 6.07) is 0. The van der Waals surface area contributed by atoms with E-state index in [-0.39, 0.29) is 17.1 Å². The van der Waals surface area contributed by atoms with E-state index in [1.807, 2.05) is 0 Å². The minimum absolute atomic E-state index is 0.149. The number of nitrogens with one attached hydrogen (secondary N) is 1. The molecule has 2 fully saturated rings. The molecule has 0 aromatic rings. The lowest BCUT2D eigenvalue weighted by molar-refractivity contribution is -0.121. The van der Waals surface area contributed by atoms with Crippen LogP contribution in [0.3, 0.4) is 0 Å². The van der Waals surface area contributed by atoms with Crippen molar-refractivity contribution in [1.82, 2.24) is 5.32 Å². The average Bonchev–Trinajstić information content (AvgIpc) is 3.06. The number of alkyl halides is 1. The van der Waals surface area contributed by atoms with E-state index in [0.717, 1.165) is 25.7 Å². The molecule has 0 bridgehead atoms. The second kappa shape index (κ2) is 5.37. The second-order valence-corrected chi connectivity index (χ2v) is 8.19. The van der Waals surface area contributed by atoms with E-state index in [1.165, 1.54) is 0 Å². The van der Waals surface area contributed by atoms with Gasteiger partial charge in [-0.05, 0) is 37.5 Å². The molecule has 1 saturated carbocycles. The highest BCUT2D eigenvalue weighted by Crippen LogP contribution is 2.48. The maximum Gasteiger partial charge on any atom is 0.238 e. The fourth-order valence-corrected chi connectivity index (χ4v) is 4.76. The zero-order valence-corrected chi connectivity index (χ0v) is 12.0. The zero-order chi connectivity index (χ0) is 13.2. The summed E-state index contributed by atoms with van der Waals surface area (Å²) >= 11 is 5.73. The van der Waals surface area contributed by atoms with Crippen LogP contribution in [0.4, 0.5) is 0 Å². The molecule has 0 radical (unpaired) electrons. The fourth-order valence-electron chi connectivity index (χ4n) is 2.53. The van der Waals surface area contributed by atoms with Crippen molar-refractivity contribution in [3.05, 3.63) is 0 Å². The molecule has 0 aromatic heterocycles. The van der Waals surface area contributed by atoms with Gasteiger partial charge in [0.1, 0.15) is 5.25 Å². The van der Waals surface area contributed by atoms with Crippen LogP contribution in [0.15, 0.2) is 0 Å². The standard InChI is InChI=1S/C12H20ClNO3S/c13-7-6-12(4-5-12)9-14-11(15)10-3-1-2-8-18(10,16)17/h10H,1-9H2,(H,14,15). The lowest BCUT2D eigenvalue weighted by Crippen LogP contribution is -2.44. The van der Waals surface area contributed by atoms with Crippen LogP contribution in [0.1, 0.15) is 38.5 Å². The zero-order valence-electron chi connectivity index (χ0n) is 10.5. The van der Waals surface area contributed by atoms with Crippen molar-refractivity contribution < 1.29 is 13.2 Å². The number of carbonyl (C=O) groups is 1. The number of sulfone groups is 1. The lowest BCUT2D eigenvalue weighted by atomic mass is 10.0. The second-order valence-electron chi connectivity index (χ2n) is 5.51. The van der Waals surface area contributed by atoms with Crippen molar-refractivity contribution in [2.45, 2.75) is 43.8 Å². The Morgan fingerprint density at radius 1 is 1.33 bits per heavy atom. The van der Waals surface area contributed by atoms with Gasteiger partial charge in [0, 0.05) is 12.4 Å². The minimum atomic E-state index is -3.22. The summed E-state index contributed by atoms with van der Waals surface area (Å²) in [7, 11) is -3.22. The van der Waals surface area contributed by atoms with Crippen LogP contribution in [0, 0.1) is 5.41 Å². The summed E-state index contributed by atoms with van der Waals surface area (Å²) in [5.74, 6) is 0.436. The molecule has 2 aliphatic rings. The van der Waals surface area contributed by atoms with Crippen LogP contribution < -0.4 is 5.32 Å². The maximum atomic E-state index is 12.0. The van der Waals surface area contributed by atoms with E-state index in [0.29, 0.717) is 25.3 Å². The Morgan fingerprint density at radius 2 is 2.06 bits per heavy atom. The van der Waals surface area contributed by atoms with Gasteiger partial charge in [0.05, 0.1) is 5.75 Å². The molecule has 0 spiro atoms. The molecule has 1 saturated heterocycles. The third-order valence-electron chi connectivity index (χ3n) is 4.09. The Bertz CT molecular complexity index is 417. The monoisotopic (exact) mass is 293 g/mol. The normalized spacial score (nSPS) is 28.6. The fraction of sp³-hybridized carbons (Fsp3) is 0.917. The van der Waals surface area contributed by atoms with Crippen LogP contribution in [0.2, 0.25) is 0 Å². The lowest BCUT2D eigenvalue weighted by Gasteiger charge is -2.23. The van der Waals surface area contributed by atoms with E-state index in [2.05, 4.69) is 5.32 Å². The molecule has 6 heteroatoms. The molecule has 2 rings (SSSR count). The first-order valence-corrected chi connectivity index (χ1v) is 8.79. The van der Waals surface area contributed by atoms with Crippen LogP contribution in [-0.4, -0.2) is 37.8 Å². The molecule has 1 aliphatic carbocycles. The number of carbonyl (C=O) groups excluding carboxylic acids is 1.